The van der Waals surface area contributed by atoms with Gasteiger partial charge < -0.3 is 29.7 Å². The van der Waals surface area contributed by atoms with Gasteiger partial charge in [-0.05, 0) is 0 Å². The van der Waals surface area contributed by atoms with Gasteiger partial charge in [0, 0.05) is 20.8 Å². The lowest BCUT2D eigenvalue weighted by Crippen LogP contribution is -2.40. The Hall–Kier alpha value is -3.17. The Kier molecular flexibility index (Phi) is 7.81. The third-order valence-corrected chi connectivity index (χ3v) is 5.03. The average molecular weight is 466 g/mol. The summed E-state index contributed by atoms with van der Waals surface area (Å²) in [7, 11) is -1.78. The van der Waals surface area contributed by atoms with Gasteiger partial charge in [0.25, 0.3) is 5.91 Å². The van der Waals surface area contributed by atoms with Crippen LogP contribution in [-0.2, 0) is 33.3 Å². The number of amides is 1. The number of aromatic nitrogens is 2. The fourth-order valence-corrected chi connectivity index (χ4v) is 3.48. The number of nitrogens with two attached hydrogens (primary N) is 1. The van der Waals surface area contributed by atoms with Crippen LogP contribution in [0.25, 0.3) is 0 Å². The van der Waals surface area contributed by atoms with E-state index in [9.17, 15) is 19.2 Å². The fraction of sp³-hybridized carbons (Fsp3) is 0.550. The lowest BCUT2D eigenvalue weighted by molar-refractivity contribution is -0.165. The average Bonchev–Trinajstić information content (AvgIpc) is 3.19. The van der Waals surface area contributed by atoms with Crippen molar-refractivity contribution in [1.29, 1.82) is 0 Å². The van der Waals surface area contributed by atoms with E-state index in [1.54, 1.807) is 0 Å². The first-order valence-electron chi connectivity index (χ1n) is 9.84. The smallest absolute Gasteiger partial charge is 0.303 e. The zero-order valence-corrected chi connectivity index (χ0v) is 19.8. The molecular weight excluding hydrogens is 438 g/mol. The second-order valence-electron chi connectivity index (χ2n) is 8.26. The summed E-state index contributed by atoms with van der Waals surface area (Å²) >= 11 is 0. The molecule has 0 bridgehead atoms. The van der Waals surface area contributed by atoms with E-state index in [4.69, 9.17) is 24.7 Å². The van der Waals surface area contributed by atoms with Crippen molar-refractivity contribution in [1.82, 2.24) is 9.97 Å². The molecule has 1 aromatic heterocycles. The molecule has 0 radical (unpaired) electrons. The van der Waals surface area contributed by atoms with Gasteiger partial charge in [-0.15, -0.1) is 5.54 Å². The summed E-state index contributed by atoms with van der Waals surface area (Å²) in [5.41, 5.74) is 8.67. The molecule has 1 saturated heterocycles. The van der Waals surface area contributed by atoms with E-state index in [1.165, 1.54) is 20.8 Å². The van der Waals surface area contributed by atoms with Crippen molar-refractivity contribution in [3.05, 3.63) is 17.2 Å². The van der Waals surface area contributed by atoms with Crippen LogP contribution in [0.15, 0.2) is 0 Å². The normalized spacial score (nSPS) is 22.4. The van der Waals surface area contributed by atoms with Crippen molar-refractivity contribution < 1.29 is 38.1 Å². The SMILES string of the molecule is CC(=O)OC[C@H]1O[C@@H](c2nc(C(N)=O)c(C#C[Si](C)(C)C)[nH]2)[C@H](OC(C)=O)[C@@H]1OC(C)=O. The number of aromatic amines is 1. The number of hydrogen-bond donors (Lipinski definition) is 2. The number of carbonyl (C=O) groups is 4. The molecule has 1 aliphatic heterocycles. The number of rotatable bonds is 6. The molecule has 0 saturated carbocycles. The number of carbonyl (C=O) groups excluding carboxylic acids is 4. The van der Waals surface area contributed by atoms with Gasteiger partial charge in [-0.1, -0.05) is 25.6 Å². The van der Waals surface area contributed by atoms with Gasteiger partial charge in [-0.25, -0.2) is 4.98 Å². The molecule has 0 aliphatic carbocycles. The number of H-pyrrole nitrogens is 1. The Balaban J connectivity index is 2.50. The molecule has 174 valence electrons. The van der Waals surface area contributed by atoms with Crippen LogP contribution in [0.3, 0.4) is 0 Å². The Labute approximate surface area is 186 Å². The first-order valence-corrected chi connectivity index (χ1v) is 13.3. The molecule has 3 N–H and O–H groups in total. The molecular formula is C20H27N3O8Si. The minimum absolute atomic E-state index is 0.0941. The van der Waals surface area contributed by atoms with Gasteiger partial charge in [0.05, 0.1) is 0 Å². The predicted molar refractivity (Wildman–Crippen MR) is 113 cm³/mol. The van der Waals surface area contributed by atoms with E-state index in [-0.39, 0.29) is 23.8 Å². The lowest BCUT2D eigenvalue weighted by atomic mass is 10.1. The molecule has 12 heteroatoms. The number of hydrogen-bond acceptors (Lipinski definition) is 9. The van der Waals surface area contributed by atoms with Crippen molar-refractivity contribution in [2.24, 2.45) is 5.73 Å². The number of ether oxygens (including phenoxy) is 4. The highest BCUT2D eigenvalue weighted by molar-refractivity contribution is 6.83. The Bertz CT molecular complexity index is 972. The van der Waals surface area contributed by atoms with Crippen LogP contribution in [0, 0.1) is 11.5 Å². The summed E-state index contributed by atoms with van der Waals surface area (Å²) in [5.74, 6) is 0.328. The third-order valence-electron chi connectivity index (χ3n) is 4.15. The van der Waals surface area contributed by atoms with Gasteiger partial charge >= 0.3 is 17.9 Å². The lowest BCUT2D eigenvalue weighted by Gasteiger charge is -2.22. The van der Waals surface area contributed by atoms with Crippen LogP contribution >= 0.6 is 0 Å². The summed E-state index contributed by atoms with van der Waals surface area (Å²) in [6.45, 7) is 9.41. The van der Waals surface area contributed by atoms with Gasteiger partial charge in [0.2, 0.25) is 0 Å². The number of imidazole rings is 1. The summed E-state index contributed by atoms with van der Waals surface area (Å²) in [6.07, 6.45) is -4.22. The molecule has 1 amide bonds. The molecule has 11 nitrogen and oxygen atoms in total. The van der Waals surface area contributed by atoms with Crippen LogP contribution in [-0.4, -0.2) is 66.8 Å². The minimum atomic E-state index is -1.78. The van der Waals surface area contributed by atoms with E-state index in [0.29, 0.717) is 0 Å². The number of esters is 3. The van der Waals surface area contributed by atoms with Crippen LogP contribution < -0.4 is 5.73 Å². The highest BCUT2D eigenvalue weighted by Gasteiger charge is 2.51. The van der Waals surface area contributed by atoms with Gasteiger partial charge in [-0.2, -0.15) is 0 Å². The van der Waals surface area contributed by atoms with Crippen molar-refractivity contribution in [3.63, 3.8) is 0 Å². The quantitative estimate of drug-likeness (QED) is 0.265. The largest absolute Gasteiger partial charge is 0.463 e. The summed E-state index contributed by atoms with van der Waals surface area (Å²) in [4.78, 5) is 53.7. The Morgan fingerprint density at radius 1 is 1.06 bits per heavy atom. The molecule has 1 aromatic rings. The van der Waals surface area contributed by atoms with Crippen LogP contribution in [0.1, 0.15) is 48.9 Å². The monoisotopic (exact) mass is 465 g/mol. The van der Waals surface area contributed by atoms with E-state index in [1.807, 2.05) is 19.6 Å². The molecule has 0 unspecified atom stereocenters. The molecule has 2 rings (SSSR count). The molecule has 32 heavy (non-hydrogen) atoms. The Morgan fingerprint density at radius 3 is 2.16 bits per heavy atom. The minimum Gasteiger partial charge on any atom is -0.463 e. The predicted octanol–water partition coefficient (Wildman–Crippen LogP) is 0.604. The van der Waals surface area contributed by atoms with E-state index < -0.39 is 56.3 Å². The molecule has 1 aliphatic rings. The van der Waals surface area contributed by atoms with Crippen LogP contribution in [0.5, 0.6) is 0 Å². The third kappa shape index (κ3) is 6.66. The van der Waals surface area contributed by atoms with Crippen LogP contribution in [0.2, 0.25) is 19.6 Å². The fourth-order valence-electron chi connectivity index (χ4n) is 2.98. The first-order chi connectivity index (χ1) is 14.8. The first kappa shape index (κ1) is 25.1. The number of nitrogens with zero attached hydrogens (tertiary/aromatic N) is 1. The highest BCUT2D eigenvalue weighted by atomic mass is 28.3. The topological polar surface area (TPSA) is 160 Å². The standard InChI is InChI=1S/C20H27N3O8Si/c1-10(24)28-9-14-16(29-11(2)25)17(30-12(3)26)18(31-14)20-22-13(7-8-32(4,5)6)15(23-20)19(21)27/h14,16-18H,9H2,1-6H3,(H2,21,27)(H,22,23)/t14-,16-,17-,18-/m1/s1. The van der Waals surface area contributed by atoms with E-state index in [2.05, 4.69) is 21.4 Å². The Morgan fingerprint density at radius 2 is 1.66 bits per heavy atom. The number of nitrogens with one attached hydrogen (secondary N) is 1. The van der Waals surface area contributed by atoms with E-state index >= 15 is 0 Å². The van der Waals surface area contributed by atoms with Gasteiger partial charge in [0.1, 0.15) is 32.3 Å². The van der Waals surface area contributed by atoms with Gasteiger partial charge in [-0.3, -0.25) is 19.2 Å². The van der Waals surface area contributed by atoms with Crippen molar-refractivity contribution in [2.45, 2.75) is 64.8 Å². The molecule has 2 heterocycles. The maximum absolute atomic E-state index is 11.9. The summed E-state index contributed by atoms with van der Waals surface area (Å²) in [6, 6.07) is 0. The second kappa shape index (κ2) is 9.97. The van der Waals surface area contributed by atoms with Gasteiger partial charge in [0.15, 0.2) is 24.0 Å². The maximum Gasteiger partial charge on any atom is 0.303 e. The molecule has 0 spiro atoms. The number of primary amides is 1. The van der Waals surface area contributed by atoms with Crippen LogP contribution in [0.4, 0.5) is 0 Å². The zero-order valence-electron chi connectivity index (χ0n) is 18.8. The summed E-state index contributed by atoms with van der Waals surface area (Å²) in [5, 5.41) is 0. The van der Waals surface area contributed by atoms with Crippen molar-refractivity contribution in [3.8, 4) is 11.5 Å². The molecule has 4 atom stereocenters. The van der Waals surface area contributed by atoms with Crippen molar-refractivity contribution >= 4 is 31.9 Å². The molecule has 0 aromatic carbocycles. The van der Waals surface area contributed by atoms with Crippen molar-refractivity contribution in [2.75, 3.05) is 6.61 Å². The van der Waals surface area contributed by atoms with E-state index in [0.717, 1.165) is 0 Å². The zero-order chi connectivity index (χ0) is 24.2. The second-order valence-corrected chi connectivity index (χ2v) is 13.0. The summed E-state index contributed by atoms with van der Waals surface area (Å²) < 4.78 is 21.6. The highest BCUT2D eigenvalue weighted by Crippen LogP contribution is 2.37. The molecule has 1 fully saturated rings. The maximum atomic E-state index is 11.9.